The molecule has 10 heteroatoms. The summed E-state index contributed by atoms with van der Waals surface area (Å²) in [5, 5.41) is 21.5. The number of carbonyl (C=O) groups excluding carboxylic acids is 2. The van der Waals surface area contributed by atoms with E-state index in [0.29, 0.717) is 28.3 Å². The highest BCUT2D eigenvalue weighted by atomic mass is 32.2. The highest BCUT2D eigenvalue weighted by Gasteiger charge is 2.61. The zero-order valence-electron chi connectivity index (χ0n) is 20.4. The van der Waals surface area contributed by atoms with E-state index in [9.17, 15) is 24.0 Å². The Morgan fingerprint density at radius 2 is 2.03 bits per heavy atom. The minimum Gasteiger partial charge on any atom is -0.396 e. The molecule has 5 atom stereocenters. The molecule has 9 nitrogen and oxygen atoms in total. The number of hydrogen-bond donors (Lipinski definition) is 2. The second kappa shape index (κ2) is 9.11. The predicted molar refractivity (Wildman–Crippen MR) is 132 cm³/mol. The lowest BCUT2D eigenvalue weighted by atomic mass is 9.77. The Hall–Kier alpha value is -3.05. The SMILES string of the molecule is C/C=C(/C1=C(C(=O)OOC)N2C(=O)C(C(C)O)C2C1C)N1c2cccc3c(CCO)ccc(c23)S1=O. The van der Waals surface area contributed by atoms with Crippen LogP contribution in [0.2, 0.25) is 0 Å². The maximum atomic E-state index is 13.9. The number of anilines is 1. The fourth-order valence-corrected chi connectivity index (χ4v) is 7.35. The zero-order chi connectivity index (χ0) is 25.9. The largest absolute Gasteiger partial charge is 0.396 e. The molecule has 5 unspecified atom stereocenters. The van der Waals surface area contributed by atoms with E-state index in [1.165, 1.54) is 12.0 Å². The fraction of sp³-hybridized carbons (Fsp3) is 0.385. The van der Waals surface area contributed by atoms with Crippen molar-refractivity contribution in [3.8, 4) is 0 Å². The summed E-state index contributed by atoms with van der Waals surface area (Å²) in [6.45, 7) is 5.23. The van der Waals surface area contributed by atoms with Gasteiger partial charge in [-0.3, -0.25) is 14.0 Å². The number of aliphatic hydroxyl groups is 2. The number of nitrogens with zero attached hydrogens (tertiary/aromatic N) is 2. The van der Waals surface area contributed by atoms with Gasteiger partial charge in [0.1, 0.15) is 5.70 Å². The smallest absolute Gasteiger partial charge is 0.389 e. The van der Waals surface area contributed by atoms with E-state index in [-0.39, 0.29) is 24.1 Å². The molecular formula is C26H28N2O7S. The molecule has 5 rings (SSSR count). The molecule has 0 spiro atoms. The molecule has 2 N–H and O–H groups in total. The van der Waals surface area contributed by atoms with Gasteiger partial charge < -0.3 is 15.1 Å². The second-order valence-corrected chi connectivity index (χ2v) is 10.5. The highest BCUT2D eigenvalue weighted by Crippen LogP contribution is 2.52. The number of fused-ring (bicyclic) bond motifs is 1. The summed E-state index contributed by atoms with van der Waals surface area (Å²) in [6, 6.07) is 8.94. The zero-order valence-corrected chi connectivity index (χ0v) is 21.2. The summed E-state index contributed by atoms with van der Waals surface area (Å²) in [7, 11) is -0.419. The minimum absolute atomic E-state index is 0.00331. The van der Waals surface area contributed by atoms with Crippen molar-refractivity contribution in [1.82, 2.24) is 4.90 Å². The van der Waals surface area contributed by atoms with Crippen LogP contribution in [-0.2, 0) is 36.8 Å². The van der Waals surface area contributed by atoms with Crippen LogP contribution in [0.4, 0.5) is 5.69 Å². The van der Waals surface area contributed by atoms with Crippen LogP contribution in [-0.4, -0.2) is 57.1 Å². The average molecular weight is 513 g/mol. The Kier molecular flexibility index (Phi) is 6.24. The van der Waals surface area contributed by atoms with Crippen LogP contribution >= 0.6 is 0 Å². The van der Waals surface area contributed by atoms with Gasteiger partial charge in [-0.25, -0.2) is 9.00 Å². The molecule has 0 saturated carbocycles. The minimum atomic E-state index is -1.63. The second-order valence-electron chi connectivity index (χ2n) is 9.17. The maximum Gasteiger partial charge on any atom is 0.389 e. The van der Waals surface area contributed by atoms with Crippen LogP contribution in [0.3, 0.4) is 0 Å². The number of rotatable bonds is 7. The molecule has 36 heavy (non-hydrogen) atoms. The number of benzene rings is 2. The van der Waals surface area contributed by atoms with E-state index >= 15 is 0 Å². The number of allylic oxidation sites excluding steroid dienone is 2. The van der Waals surface area contributed by atoms with Gasteiger partial charge >= 0.3 is 5.97 Å². The lowest BCUT2D eigenvalue weighted by Gasteiger charge is -2.46. The molecule has 3 aliphatic rings. The van der Waals surface area contributed by atoms with Crippen LogP contribution in [0.1, 0.15) is 26.3 Å². The quantitative estimate of drug-likeness (QED) is 0.332. The van der Waals surface area contributed by atoms with Crippen LogP contribution in [0, 0.1) is 11.8 Å². The number of aliphatic hydroxyl groups excluding tert-OH is 2. The van der Waals surface area contributed by atoms with Crippen molar-refractivity contribution in [3.63, 3.8) is 0 Å². The predicted octanol–water partition coefficient (Wildman–Crippen LogP) is 2.34. The molecule has 0 aliphatic carbocycles. The Bertz CT molecular complexity index is 1370. The van der Waals surface area contributed by atoms with E-state index in [1.807, 2.05) is 37.3 Å². The van der Waals surface area contributed by atoms with Gasteiger partial charge in [0.2, 0.25) is 5.91 Å². The number of β-lactam (4-membered cyclic amide) rings is 1. The first-order valence-corrected chi connectivity index (χ1v) is 12.9. The molecule has 0 aromatic heterocycles. The molecule has 1 fully saturated rings. The van der Waals surface area contributed by atoms with Crippen molar-refractivity contribution in [3.05, 3.63) is 58.9 Å². The molecular weight excluding hydrogens is 484 g/mol. The first-order valence-electron chi connectivity index (χ1n) is 11.8. The van der Waals surface area contributed by atoms with E-state index in [4.69, 9.17) is 4.89 Å². The third-order valence-electron chi connectivity index (χ3n) is 7.32. The monoisotopic (exact) mass is 512 g/mol. The van der Waals surface area contributed by atoms with Crippen molar-refractivity contribution in [1.29, 1.82) is 0 Å². The third kappa shape index (κ3) is 3.28. The van der Waals surface area contributed by atoms with Crippen molar-refractivity contribution >= 4 is 39.3 Å². The molecule has 2 aromatic carbocycles. The van der Waals surface area contributed by atoms with Crippen molar-refractivity contribution in [2.24, 2.45) is 11.8 Å². The molecule has 1 saturated heterocycles. The Morgan fingerprint density at radius 1 is 1.28 bits per heavy atom. The van der Waals surface area contributed by atoms with Gasteiger partial charge in [0.25, 0.3) is 0 Å². The third-order valence-corrected chi connectivity index (χ3v) is 8.76. The van der Waals surface area contributed by atoms with Crippen molar-refractivity contribution < 1.29 is 33.8 Å². The number of amides is 1. The normalized spacial score (nSPS) is 25.9. The average Bonchev–Trinajstić information content (AvgIpc) is 3.27. The Balaban J connectivity index is 1.68. The summed E-state index contributed by atoms with van der Waals surface area (Å²) in [4.78, 5) is 37.5. The van der Waals surface area contributed by atoms with Crippen LogP contribution < -0.4 is 4.31 Å². The van der Waals surface area contributed by atoms with Crippen molar-refractivity contribution in [2.75, 3.05) is 18.0 Å². The van der Waals surface area contributed by atoms with Gasteiger partial charge in [-0.05, 0) is 43.4 Å². The standard InChI is InChI=1S/C26H28N2O7S/c1-5-17(20-13(2)23-21(14(3)30)25(31)27(23)24(20)26(32)35-34-4)28-18-8-6-7-16-15(11-12-29)9-10-19(22(16)18)36(28)33/h5-10,13-14,21,23,29-30H,11-12H2,1-4H3/b17-5-. The van der Waals surface area contributed by atoms with Gasteiger partial charge in [-0.15, -0.1) is 0 Å². The van der Waals surface area contributed by atoms with Gasteiger partial charge in [0.05, 0.1) is 41.5 Å². The molecule has 2 aromatic rings. The Labute approximate surface area is 211 Å². The molecule has 1 amide bonds. The summed E-state index contributed by atoms with van der Waals surface area (Å²) >= 11 is 0. The van der Waals surface area contributed by atoms with E-state index in [1.54, 1.807) is 24.2 Å². The van der Waals surface area contributed by atoms with Crippen LogP contribution in [0.5, 0.6) is 0 Å². The first-order chi connectivity index (χ1) is 17.3. The van der Waals surface area contributed by atoms with Crippen LogP contribution in [0.25, 0.3) is 10.8 Å². The highest BCUT2D eigenvalue weighted by molar-refractivity contribution is 7.87. The molecule has 0 bridgehead atoms. The Morgan fingerprint density at radius 3 is 2.67 bits per heavy atom. The lowest BCUT2D eigenvalue weighted by molar-refractivity contribution is -0.252. The topological polar surface area (TPSA) is 117 Å². The number of hydrogen-bond acceptors (Lipinski definition) is 7. The van der Waals surface area contributed by atoms with Crippen LogP contribution in [0.15, 0.2) is 58.3 Å². The van der Waals surface area contributed by atoms with E-state index in [0.717, 1.165) is 16.3 Å². The summed E-state index contributed by atoms with van der Waals surface area (Å²) in [5.41, 5.74) is 2.72. The summed E-state index contributed by atoms with van der Waals surface area (Å²) < 4.78 is 15.6. The molecule has 3 heterocycles. The van der Waals surface area contributed by atoms with Gasteiger partial charge in [-0.1, -0.05) is 31.2 Å². The van der Waals surface area contributed by atoms with E-state index < -0.39 is 35.0 Å². The molecule has 190 valence electrons. The first kappa shape index (κ1) is 24.6. The van der Waals surface area contributed by atoms with Gasteiger partial charge in [0.15, 0.2) is 11.0 Å². The maximum absolute atomic E-state index is 13.9. The van der Waals surface area contributed by atoms with Gasteiger partial charge in [0, 0.05) is 23.5 Å². The summed E-state index contributed by atoms with van der Waals surface area (Å²) in [5.74, 6) is -2.20. The fourth-order valence-electron chi connectivity index (χ4n) is 5.87. The number of carbonyl (C=O) groups is 2. The summed E-state index contributed by atoms with van der Waals surface area (Å²) in [6.07, 6.45) is 1.35. The van der Waals surface area contributed by atoms with Crippen molar-refractivity contribution in [2.45, 2.75) is 44.2 Å². The molecule has 3 aliphatic heterocycles. The van der Waals surface area contributed by atoms with E-state index in [2.05, 4.69) is 4.89 Å². The van der Waals surface area contributed by atoms with Gasteiger partial charge in [-0.2, -0.15) is 4.89 Å². The molecule has 0 radical (unpaired) electrons. The lowest BCUT2D eigenvalue weighted by Crippen LogP contribution is -2.63.